The van der Waals surface area contributed by atoms with Gasteiger partial charge >= 0.3 is 0 Å². The molecule has 6 heteroatoms. The van der Waals surface area contributed by atoms with Crippen molar-refractivity contribution in [2.45, 2.75) is 6.04 Å². The molecule has 0 bridgehead atoms. The lowest BCUT2D eigenvalue weighted by Crippen LogP contribution is -2.31. The molecular weight excluding hydrogens is 320 g/mol. The number of carbonyl (C=O) groups excluding carboxylic acids is 1. The molecule has 0 spiro atoms. The Morgan fingerprint density at radius 2 is 2.21 bits per heavy atom. The van der Waals surface area contributed by atoms with Crippen LogP contribution in [-0.2, 0) is 0 Å². The van der Waals surface area contributed by atoms with Gasteiger partial charge in [0, 0.05) is 44.3 Å². The molecule has 1 atom stereocenters. The van der Waals surface area contributed by atoms with Gasteiger partial charge in [0.25, 0.3) is 5.91 Å². The second kappa shape index (κ2) is 7.31. The van der Waals surface area contributed by atoms with Crippen LogP contribution in [0.1, 0.15) is 22.0 Å². The van der Waals surface area contributed by atoms with Crippen LogP contribution in [0.5, 0.6) is 0 Å². The highest BCUT2D eigenvalue weighted by Gasteiger charge is 2.16. The first-order chi connectivity index (χ1) is 11.6. The van der Waals surface area contributed by atoms with Crippen LogP contribution in [0.2, 0.25) is 0 Å². The molecule has 2 heterocycles. The van der Waals surface area contributed by atoms with Crippen molar-refractivity contribution in [1.29, 1.82) is 0 Å². The van der Waals surface area contributed by atoms with Crippen LogP contribution in [0.4, 0.5) is 5.69 Å². The summed E-state index contributed by atoms with van der Waals surface area (Å²) in [6.07, 6.45) is 3.67. The third-order valence-electron chi connectivity index (χ3n) is 3.85. The van der Waals surface area contributed by atoms with Crippen molar-refractivity contribution in [2.24, 2.45) is 0 Å². The molecule has 1 amide bonds. The molecule has 0 aliphatic heterocycles. The van der Waals surface area contributed by atoms with Crippen molar-refractivity contribution in [3.05, 3.63) is 70.7 Å². The average molecular weight is 340 g/mol. The SMILES string of the molecule is CN(C)c1cccc(C(=O)NCC(c2ccsc2)n2cccn2)c1. The molecule has 0 saturated carbocycles. The minimum atomic E-state index is -0.0777. The fourth-order valence-corrected chi connectivity index (χ4v) is 3.22. The number of hydrogen-bond acceptors (Lipinski definition) is 4. The second-order valence-electron chi connectivity index (χ2n) is 5.71. The number of nitrogens with zero attached hydrogens (tertiary/aromatic N) is 3. The third-order valence-corrected chi connectivity index (χ3v) is 4.55. The topological polar surface area (TPSA) is 50.2 Å². The maximum absolute atomic E-state index is 12.5. The Kier molecular flexibility index (Phi) is 4.96. The van der Waals surface area contributed by atoms with E-state index in [2.05, 4.69) is 21.9 Å². The fraction of sp³-hybridized carbons (Fsp3) is 0.222. The summed E-state index contributed by atoms with van der Waals surface area (Å²) in [6.45, 7) is 0.490. The highest BCUT2D eigenvalue weighted by atomic mass is 32.1. The molecule has 0 saturated heterocycles. The molecule has 24 heavy (non-hydrogen) atoms. The molecule has 1 aromatic carbocycles. The van der Waals surface area contributed by atoms with Gasteiger partial charge in [-0.05, 0) is 46.7 Å². The summed E-state index contributed by atoms with van der Waals surface area (Å²) >= 11 is 1.64. The number of rotatable bonds is 6. The standard InChI is InChI=1S/C18H20N4OS/c1-21(2)16-6-3-5-14(11-16)18(23)19-12-17(15-7-10-24-13-15)22-9-4-8-20-22/h3-11,13,17H,12H2,1-2H3,(H,19,23). The van der Waals surface area contributed by atoms with E-state index in [9.17, 15) is 4.79 Å². The summed E-state index contributed by atoms with van der Waals surface area (Å²) < 4.78 is 1.87. The second-order valence-corrected chi connectivity index (χ2v) is 6.49. The molecule has 5 nitrogen and oxygen atoms in total. The van der Waals surface area contributed by atoms with Gasteiger partial charge in [0.2, 0.25) is 0 Å². The first-order valence-corrected chi connectivity index (χ1v) is 8.66. The van der Waals surface area contributed by atoms with Crippen LogP contribution in [0.25, 0.3) is 0 Å². The van der Waals surface area contributed by atoms with Crippen LogP contribution in [0, 0.1) is 0 Å². The van der Waals surface area contributed by atoms with Crippen molar-refractivity contribution < 1.29 is 4.79 Å². The van der Waals surface area contributed by atoms with Gasteiger partial charge in [-0.2, -0.15) is 16.4 Å². The summed E-state index contributed by atoms with van der Waals surface area (Å²) in [5.41, 5.74) is 2.81. The molecule has 3 rings (SSSR count). The van der Waals surface area contributed by atoms with E-state index in [1.165, 1.54) is 0 Å². The zero-order valence-electron chi connectivity index (χ0n) is 13.7. The van der Waals surface area contributed by atoms with Gasteiger partial charge in [0.05, 0.1) is 6.04 Å². The first kappa shape index (κ1) is 16.3. The number of aromatic nitrogens is 2. The Hall–Kier alpha value is -2.60. The van der Waals surface area contributed by atoms with E-state index in [0.29, 0.717) is 12.1 Å². The van der Waals surface area contributed by atoms with Crippen LogP contribution in [0.3, 0.4) is 0 Å². The summed E-state index contributed by atoms with van der Waals surface area (Å²) in [5, 5.41) is 11.5. The Bertz CT molecular complexity index is 747. The van der Waals surface area contributed by atoms with E-state index in [0.717, 1.165) is 11.3 Å². The lowest BCUT2D eigenvalue weighted by atomic mass is 10.1. The van der Waals surface area contributed by atoms with Crippen molar-refractivity contribution in [1.82, 2.24) is 15.1 Å². The smallest absolute Gasteiger partial charge is 0.251 e. The predicted octanol–water partition coefficient (Wildman–Crippen LogP) is 3.03. The van der Waals surface area contributed by atoms with Crippen molar-refractivity contribution >= 4 is 22.9 Å². The van der Waals surface area contributed by atoms with Gasteiger partial charge in [-0.3, -0.25) is 9.48 Å². The van der Waals surface area contributed by atoms with Crippen LogP contribution in [-0.4, -0.2) is 36.3 Å². The molecule has 0 aliphatic carbocycles. The maximum atomic E-state index is 12.5. The summed E-state index contributed by atoms with van der Waals surface area (Å²) in [4.78, 5) is 14.5. The van der Waals surface area contributed by atoms with E-state index < -0.39 is 0 Å². The molecular formula is C18H20N4OS. The number of benzene rings is 1. The minimum absolute atomic E-state index is 0.00719. The number of carbonyl (C=O) groups is 1. The Morgan fingerprint density at radius 3 is 2.88 bits per heavy atom. The van der Waals surface area contributed by atoms with Gasteiger partial charge in [0.1, 0.15) is 0 Å². The van der Waals surface area contributed by atoms with Gasteiger partial charge in [0.15, 0.2) is 0 Å². The lowest BCUT2D eigenvalue weighted by Gasteiger charge is -2.18. The predicted molar refractivity (Wildman–Crippen MR) is 97.8 cm³/mol. The molecule has 1 N–H and O–H groups in total. The van der Waals surface area contributed by atoms with Crippen LogP contribution in [0.15, 0.2) is 59.6 Å². The van der Waals surface area contributed by atoms with Gasteiger partial charge in [-0.1, -0.05) is 6.07 Å². The van der Waals surface area contributed by atoms with Crippen molar-refractivity contribution in [3.63, 3.8) is 0 Å². The first-order valence-electron chi connectivity index (χ1n) is 7.72. The molecule has 0 radical (unpaired) electrons. The van der Waals surface area contributed by atoms with E-state index in [4.69, 9.17) is 0 Å². The van der Waals surface area contributed by atoms with Gasteiger partial charge in [-0.15, -0.1) is 0 Å². The average Bonchev–Trinajstić information content (AvgIpc) is 3.29. The molecule has 124 valence electrons. The maximum Gasteiger partial charge on any atom is 0.251 e. The van der Waals surface area contributed by atoms with E-state index in [-0.39, 0.29) is 11.9 Å². The highest BCUT2D eigenvalue weighted by molar-refractivity contribution is 7.07. The zero-order chi connectivity index (χ0) is 16.9. The number of anilines is 1. The third kappa shape index (κ3) is 3.65. The summed E-state index contributed by atoms with van der Waals surface area (Å²) in [6, 6.07) is 11.5. The normalized spacial score (nSPS) is 11.9. The Morgan fingerprint density at radius 1 is 1.33 bits per heavy atom. The van der Waals surface area contributed by atoms with Crippen molar-refractivity contribution in [3.8, 4) is 0 Å². The minimum Gasteiger partial charge on any atom is -0.378 e. The fourth-order valence-electron chi connectivity index (χ4n) is 2.51. The van der Waals surface area contributed by atoms with Crippen LogP contribution < -0.4 is 10.2 Å². The monoisotopic (exact) mass is 340 g/mol. The number of nitrogens with one attached hydrogen (secondary N) is 1. The van der Waals surface area contributed by atoms with E-state index >= 15 is 0 Å². The number of thiophene rings is 1. The molecule has 0 fully saturated rings. The Labute approximate surface area is 145 Å². The van der Waals surface area contributed by atoms with Crippen LogP contribution >= 0.6 is 11.3 Å². The lowest BCUT2D eigenvalue weighted by molar-refractivity contribution is 0.0949. The van der Waals surface area contributed by atoms with E-state index in [1.807, 2.05) is 65.6 Å². The number of amides is 1. The highest BCUT2D eigenvalue weighted by Crippen LogP contribution is 2.20. The summed E-state index contributed by atoms with van der Waals surface area (Å²) in [5.74, 6) is -0.0777. The van der Waals surface area contributed by atoms with Gasteiger partial charge in [-0.25, -0.2) is 0 Å². The zero-order valence-corrected chi connectivity index (χ0v) is 14.5. The quantitative estimate of drug-likeness (QED) is 0.750. The number of hydrogen-bond donors (Lipinski definition) is 1. The Balaban J connectivity index is 1.73. The molecule has 1 unspecified atom stereocenters. The molecule has 2 aromatic heterocycles. The molecule has 3 aromatic rings. The summed E-state index contributed by atoms with van der Waals surface area (Å²) in [7, 11) is 3.92. The van der Waals surface area contributed by atoms with Crippen molar-refractivity contribution in [2.75, 3.05) is 25.5 Å². The van der Waals surface area contributed by atoms with E-state index in [1.54, 1.807) is 17.5 Å². The van der Waals surface area contributed by atoms with Gasteiger partial charge < -0.3 is 10.2 Å². The molecule has 0 aliphatic rings. The largest absolute Gasteiger partial charge is 0.378 e.